The van der Waals surface area contributed by atoms with Crippen molar-refractivity contribution in [2.24, 2.45) is 0 Å². The highest BCUT2D eigenvalue weighted by Gasteiger charge is 2.13. The van der Waals surface area contributed by atoms with Crippen LogP contribution in [-0.4, -0.2) is 11.9 Å². The molecule has 19 heavy (non-hydrogen) atoms. The number of halogens is 1. The molecule has 0 aliphatic carbocycles. The van der Waals surface area contributed by atoms with Gasteiger partial charge in [-0.3, -0.25) is 4.79 Å². The van der Waals surface area contributed by atoms with E-state index in [-0.39, 0.29) is 11.9 Å². The molecule has 1 aromatic heterocycles. The summed E-state index contributed by atoms with van der Waals surface area (Å²) in [7, 11) is 0. The second-order valence-corrected chi connectivity index (χ2v) is 6.14. The summed E-state index contributed by atoms with van der Waals surface area (Å²) in [6.07, 6.45) is 0.823. The van der Waals surface area contributed by atoms with Crippen molar-refractivity contribution in [3.8, 4) is 0 Å². The molecule has 2 aromatic rings. The average molecular weight is 339 g/mol. The van der Waals surface area contributed by atoms with E-state index in [0.717, 1.165) is 10.9 Å². The molecular weight excluding hydrogens is 324 g/mol. The Morgan fingerprint density at radius 1 is 1.47 bits per heavy atom. The number of anilines is 1. The lowest BCUT2D eigenvalue weighted by molar-refractivity contribution is 0.0941. The molecule has 1 aromatic carbocycles. The fraction of sp³-hybridized carbons (Fsp3) is 0.214. The summed E-state index contributed by atoms with van der Waals surface area (Å²) in [6, 6.07) is 7.42. The predicted octanol–water partition coefficient (Wildman–Crippen LogP) is 3.45. The molecule has 0 fully saturated rings. The molecule has 0 aliphatic heterocycles. The Labute approximate surface area is 125 Å². The summed E-state index contributed by atoms with van der Waals surface area (Å²) in [4.78, 5) is 12.1. The Morgan fingerprint density at radius 3 is 2.95 bits per heavy atom. The predicted molar refractivity (Wildman–Crippen MR) is 83.5 cm³/mol. The molecule has 3 N–H and O–H groups in total. The number of rotatable bonds is 4. The van der Waals surface area contributed by atoms with E-state index in [2.05, 4.69) is 32.7 Å². The van der Waals surface area contributed by atoms with Crippen molar-refractivity contribution >= 4 is 38.9 Å². The maximum absolute atomic E-state index is 12.1. The standard InChI is InChI=1S/C14H15BrN2OS/c1-9(6-10-4-5-19-8-10)17-14(18)12-7-11(15)2-3-13(12)16/h2-5,7-9H,6,16H2,1H3,(H,17,18). The van der Waals surface area contributed by atoms with Crippen molar-refractivity contribution in [3.63, 3.8) is 0 Å². The van der Waals surface area contributed by atoms with Gasteiger partial charge in [0.15, 0.2) is 0 Å². The number of thiophene rings is 1. The molecule has 2 rings (SSSR count). The first-order chi connectivity index (χ1) is 9.06. The summed E-state index contributed by atoms with van der Waals surface area (Å²) in [5, 5.41) is 7.10. The van der Waals surface area contributed by atoms with Crippen LogP contribution in [0.25, 0.3) is 0 Å². The monoisotopic (exact) mass is 338 g/mol. The number of benzene rings is 1. The van der Waals surface area contributed by atoms with E-state index < -0.39 is 0 Å². The number of nitrogens with two attached hydrogens (primary N) is 1. The van der Waals surface area contributed by atoms with Crippen LogP contribution in [0, 0.1) is 0 Å². The number of carbonyl (C=O) groups excluding carboxylic acids is 1. The SMILES string of the molecule is CC(Cc1ccsc1)NC(=O)c1cc(Br)ccc1N. The summed E-state index contributed by atoms with van der Waals surface area (Å²) in [5.41, 5.74) is 8.05. The quantitative estimate of drug-likeness (QED) is 0.839. The molecule has 5 heteroatoms. The van der Waals surface area contributed by atoms with Gasteiger partial charge in [-0.05, 0) is 53.9 Å². The molecular formula is C14H15BrN2OS. The van der Waals surface area contributed by atoms with Crippen molar-refractivity contribution in [1.82, 2.24) is 5.32 Å². The minimum absolute atomic E-state index is 0.0699. The van der Waals surface area contributed by atoms with Crippen molar-refractivity contribution in [1.29, 1.82) is 0 Å². The topological polar surface area (TPSA) is 55.1 Å². The van der Waals surface area contributed by atoms with Crippen molar-refractivity contribution < 1.29 is 4.79 Å². The van der Waals surface area contributed by atoms with E-state index in [4.69, 9.17) is 5.73 Å². The Bertz CT molecular complexity index is 569. The van der Waals surface area contributed by atoms with Gasteiger partial charge in [0.2, 0.25) is 0 Å². The van der Waals surface area contributed by atoms with Crippen LogP contribution in [0.5, 0.6) is 0 Å². The van der Waals surface area contributed by atoms with Gasteiger partial charge in [-0.15, -0.1) is 0 Å². The second-order valence-electron chi connectivity index (χ2n) is 4.44. The Hall–Kier alpha value is -1.33. The Morgan fingerprint density at radius 2 is 2.26 bits per heavy atom. The van der Waals surface area contributed by atoms with Crippen LogP contribution in [0.15, 0.2) is 39.5 Å². The molecule has 0 radical (unpaired) electrons. The number of hydrogen-bond donors (Lipinski definition) is 2. The van der Waals surface area contributed by atoms with Gasteiger partial charge >= 0.3 is 0 Å². The van der Waals surface area contributed by atoms with Crippen LogP contribution >= 0.6 is 27.3 Å². The number of carbonyl (C=O) groups is 1. The van der Waals surface area contributed by atoms with E-state index in [1.807, 2.05) is 18.4 Å². The molecule has 100 valence electrons. The van der Waals surface area contributed by atoms with Crippen LogP contribution in [0.3, 0.4) is 0 Å². The first-order valence-electron chi connectivity index (χ1n) is 5.93. The highest BCUT2D eigenvalue weighted by atomic mass is 79.9. The lowest BCUT2D eigenvalue weighted by Gasteiger charge is -2.14. The fourth-order valence-electron chi connectivity index (χ4n) is 1.84. The highest BCUT2D eigenvalue weighted by Crippen LogP contribution is 2.18. The lowest BCUT2D eigenvalue weighted by Crippen LogP contribution is -2.34. The van der Waals surface area contributed by atoms with Crippen molar-refractivity contribution in [2.75, 3.05) is 5.73 Å². The molecule has 1 unspecified atom stereocenters. The first-order valence-corrected chi connectivity index (χ1v) is 7.67. The zero-order valence-electron chi connectivity index (χ0n) is 10.5. The molecule has 0 spiro atoms. The van der Waals surface area contributed by atoms with Crippen LogP contribution in [0.4, 0.5) is 5.69 Å². The van der Waals surface area contributed by atoms with Gasteiger partial charge in [0.05, 0.1) is 5.56 Å². The maximum Gasteiger partial charge on any atom is 0.253 e. The highest BCUT2D eigenvalue weighted by molar-refractivity contribution is 9.10. The second kappa shape index (κ2) is 6.21. The van der Waals surface area contributed by atoms with E-state index in [0.29, 0.717) is 11.3 Å². The third-order valence-electron chi connectivity index (χ3n) is 2.76. The number of nitrogens with one attached hydrogen (secondary N) is 1. The molecule has 1 atom stereocenters. The normalized spacial score (nSPS) is 12.1. The van der Waals surface area contributed by atoms with Gasteiger partial charge in [-0.25, -0.2) is 0 Å². The van der Waals surface area contributed by atoms with Gasteiger partial charge in [0.25, 0.3) is 5.91 Å². The molecule has 1 heterocycles. The van der Waals surface area contributed by atoms with Gasteiger partial charge in [0, 0.05) is 16.2 Å². The summed E-state index contributed by atoms with van der Waals surface area (Å²) < 4.78 is 0.845. The number of nitrogen functional groups attached to an aromatic ring is 1. The molecule has 0 aliphatic rings. The van der Waals surface area contributed by atoms with E-state index in [9.17, 15) is 4.79 Å². The number of hydrogen-bond acceptors (Lipinski definition) is 3. The van der Waals surface area contributed by atoms with Gasteiger partial charge in [-0.2, -0.15) is 11.3 Å². The molecule has 0 saturated carbocycles. The lowest BCUT2D eigenvalue weighted by atomic mass is 10.1. The number of amides is 1. The van der Waals surface area contributed by atoms with E-state index >= 15 is 0 Å². The minimum Gasteiger partial charge on any atom is -0.398 e. The molecule has 1 amide bonds. The van der Waals surface area contributed by atoms with E-state index in [1.54, 1.807) is 23.5 Å². The zero-order valence-corrected chi connectivity index (χ0v) is 12.9. The summed E-state index contributed by atoms with van der Waals surface area (Å²) in [6.45, 7) is 1.99. The van der Waals surface area contributed by atoms with Gasteiger partial charge in [-0.1, -0.05) is 15.9 Å². The zero-order chi connectivity index (χ0) is 13.8. The van der Waals surface area contributed by atoms with Crippen LogP contribution in [0.1, 0.15) is 22.8 Å². The van der Waals surface area contributed by atoms with Crippen LogP contribution in [0.2, 0.25) is 0 Å². The average Bonchev–Trinajstić information content (AvgIpc) is 2.84. The molecule has 0 bridgehead atoms. The van der Waals surface area contributed by atoms with Gasteiger partial charge in [0.1, 0.15) is 0 Å². The fourth-order valence-corrected chi connectivity index (χ4v) is 2.88. The van der Waals surface area contributed by atoms with Crippen LogP contribution < -0.4 is 11.1 Å². The third kappa shape index (κ3) is 3.81. The summed E-state index contributed by atoms with van der Waals surface area (Å²) in [5.74, 6) is -0.137. The summed E-state index contributed by atoms with van der Waals surface area (Å²) >= 11 is 5.01. The van der Waals surface area contributed by atoms with Gasteiger partial charge < -0.3 is 11.1 Å². The van der Waals surface area contributed by atoms with Crippen LogP contribution in [-0.2, 0) is 6.42 Å². The molecule has 3 nitrogen and oxygen atoms in total. The maximum atomic E-state index is 12.1. The minimum atomic E-state index is -0.137. The van der Waals surface area contributed by atoms with Crippen molar-refractivity contribution in [2.45, 2.75) is 19.4 Å². The third-order valence-corrected chi connectivity index (χ3v) is 3.98. The molecule has 0 saturated heterocycles. The Kier molecular flexibility index (Phi) is 4.61. The van der Waals surface area contributed by atoms with E-state index in [1.165, 1.54) is 5.56 Å². The largest absolute Gasteiger partial charge is 0.398 e. The smallest absolute Gasteiger partial charge is 0.253 e. The Balaban J connectivity index is 2.02. The first kappa shape index (κ1) is 14.1. The van der Waals surface area contributed by atoms with Crippen molar-refractivity contribution in [3.05, 3.63) is 50.6 Å².